The minimum Gasteiger partial charge on any atom is -0.313 e. The van der Waals surface area contributed by atoms with Crippen molar-refractivity contribution in [3.63, 3.8) is 0 Å². The summed E-state index contributed by atoms with van der Waals surface area (Å²) in [6.45, 7) is 3.21. The SMILES string of the molecule is CCNC(CSc1ccc(F)cc1)C1CCCCC1. The van der Waals surface area contributed by atoms with E-state index in [0.29, 0.717) is 6.04 Å². The van der Waals surface area contributed by atoms with Gasteiger partial charge in [-0.05, 0) is 49.6 Å². The lowest BCUT2D eigenvalue weighted by molar-refractivity contribution is 0.288. The highest BCUT2D eigenvalue weighted by Crippen LogP contribution is 2.29. The summed E-state index contributed by atoms with van der Waals surface area (Å²) in [7, 11) is 0. The van der Waals surface area contributed by atoms with Crippen molar-refractivity contribution in [2.45, 2.75) is 50.0 Å². The molecule has 0 aromatic heterocycles. The average Bonchev–Trinajstić information content (AvgIpc) is 2.46. The molecule has 1 N–H and O–H groups in total. The minimum atomic E-state index is -0.153. The molecule has 1 aliphatic rings. The molecule has 1 aromatic rings. The van der Waals surface area contributed by atoms with Crippen molar-refractivity contribution in [1.29, 1.82) is 0 Å². The summed E-state index contributed by atoms with van der Waals surface area (Å²) in [6, 6.07) is 7.45. The molecule has 0 radical (unpaired) electrons. The molecule has 1 aliphatic carbocycles. The summed E-state index contributed by atoms with van der Waals surface area (Å²) in [6.07, 6.45) is 6.89. The zero-order valence-corrected chi connectivity index (χ0v) is 12.5. The minimum absolute atomic E-state index is 0.153. The predicted octanol–water partition coefficient (Wildman–Crippen LogP) is 4.48. The maximum Gasteiger partial charge on any atom is 0.123 e. The Morgan fingerprint density at radius 3 is 2.53 bits per heavy atom. The molecular weight excluding hydrogens is 257 g/mol. The fourth-order valence-corrected chi connectivity index (χ4v) is 3.97. The van der Waals surface area contributed by atoms with Gasteiger partial charge in [-0.25, -0.2) is 4.39 Å². The molecule has 106 valence electrons. The van der Waals surface area contributed by atoms with Crippen molar-refractivity contribution in [2.75, 3.05) is 12.3 Å². The van der Waals surface area contributed by atoms with Gasteiger partial charge in [-0.2, -0.15) is 0 Å². The summed E-state index contributed by atoms with van der Waals surface area (Å²) in [4.78, 5) is 1.17. The molecule has 0 bridgehead atoms. The third-order valence-electron chi connectivity index (χ3n) is 3.93. The standard InChI is InChI=1S/C16H24FNS/c1-2-18-16(13-6-4-3-5-7-13)12-19-15-10-8-14(17)9-11-15/h8-11,13,16,18H,2-7,12H2,1H3. The van der Waals surface area contributed by atoms with Crippen molar-refractivity contribution >= 4 is 11.8 Å². The fourth-order valence-electron chi connectivity index (χ4n) is 2.88. The lowest BCUT2D eigenvalue weighted by Crippen LogP contribution is -2.39. The summed E-state index contributed by atoms with van der Waals surface area (Å²) in [5.41, 5.74) is 0. The highest BCUT2D eigenvalue weighted by Gasteiger charge is 2.22. The maximum atomic E-state index is 12.9. The molecule has 0 heterocycles. The van der Waals surface area contributed by atoms with Crippen LogP contribution in [0.4, 0.5) is 4.39 Å². The largest absolute Gasteiger partial charge is 0.313 e. The monoisotopic (exact) mass is 281 g/mol. The molecule has 19 heavy (non-hydrogen) atoms. The molecule has 1 aromatic carbocycles. The molecule has 1 atom stereocenters. The number of thioether (sulfide) groups is 1. The van der Waals surface area contributed by atoms with E-state index < -0.39 is 0 Å². The van der Waals surface area contributed by atoms with Crippen LogP contribution in [0.3, 0.4) is 0 Å². The first-order valence-electron chi connectivity index (χ1n) is 7.41. The van der Waals surface area contributed by atoms with Crippen molar-refractivity contribution in [3.05, 3.63) is 30.1 Å². The zero-order chi connectivity index (χ0) is 13.5. The second kappa shape index (κ2) is 7.91. The Kier molecular flexibility index (Phi) is 6.18. The van der Waals surface area contributed by atoms with E-state index in [4.69, 9.17) is 0 Å². The number of nitrogens with one attached hydrogen (secondary N) is 1. The van der Waals surface area contributed by atoms with E-state index in [1.54, 1.807) is 12.1 Å². The van der Waals surface area contributed by atoms with Gasteiger partial charge in [-0.3, -0.25) is 0 Å². The van der Waals surface area contributed by atoms with Crippen LogP contribution < -0.4 is 5.32 Å². The average molecular weight is 281 g/mol. The topological polar surface area (TPSA) is 12.0 Å². The molecule has 1 saturated carbocycles. The normalized spacial score (nSPS) is 18.4. The van der Waals surface area contributed by atoms with E-state index in [9.17, 15) is 4.39 Å². The molecule has 0 amide bonds. The van der Waals surface area contributed by atoms with E-state index in [1.807, 2.05) is 23.9 Å². The first-order chi connectivity index (χ1) is 9.29. The molecule has 0 spiro atoms. The Balaban J connectivity index is 1.87. The van der Waals surface area contributed by atoms with E-state index in [2.05, 4.69) is 12.2 Å². The predicted molar refractivity (Wildman–Crippen MR) is 81.2 cm³/mol. The van der Waals surface area contributed by atoms with Gasteiger partial charge in [-0.1, -0.05) is 26.2 Å². The fraction of sp³-hybridized carbons (Fsp3) is 0.625. The van der Waals surface area contributed by atoms with Crippen LogP contribution in [0, 0.1) is 11.7 Å². The molecule has 2 rings (SSSR count). The van der Waals surface area contributed by atoms with Gasteiger partial charge in [0.25, 0.3) is 0 Å². The number of halogens is 1. The highest BCUT2D eigenvalue weighted by molar-refractivity contribution is 7.99. The van der Waals surface area contributed by atoms with Crippen LogP contribution in [-0.2, 0) is 0 Å². The number of rotatable bonds is 6. The Morgan fingerprint density at radius 2 is 1.89 bits per heavy atom. The van der Waals surface area contributed by atoms with Crippen molar-refractivity contribution < 1.29 is 4.39 Å². The Bertz CT molecular complexity index is 360. The van der Waals surface area contributed by atoms with Gasteiger partial charge < -0.3 is 5.32 Å². The molecule has 3 heteroatoms. The summed E-state index contributed by atoms with van der Waals surface area (Å²) in [5, 5.41) is 3.64. The van der Waals surface area contributed by atoms with Gasteiger partial charge in [0.1, 0.15) is 5.82 Å². The molecule has 0 aliphatic heterocycles. The third-order valence-corrected chi connectivity index (χ3v) is 5.06. The van der Waals surface area contributed by atoms with Gasteiger partial charge in [0.2, 0.25) is 0 Å². The first-order valence-corrected chi connectivity index (χ1v) is 8.40. The maximum absolute atomic E-state index is 12.9. The highest BCUT2D eigenvalue weighted by atomic mass is 32.2. The van der Waals surface area contributed by atoms with Crippen molar-refractivity contribution in [2.24, 2.45) is 5.92 Å². The van der Waals surface area contributed by atoms with Gasteiger partial charge in [0.15, 0.2) is 0 Å². The number of hydrogen-bond acceptors (Lipinski definition) is 2. The molecule has 0 saturated heterocycles. The Hall–Kier alpha value is -0.540. The van der Waals surface area contributed by atoms with Crippen LogP contribution in [-0.4, -0.2) is 18.3 Å². The summed E-state index contributed by atoms with van der Waals surface area (Å²) < 4.78 is 12.9. The molecular formula is C16H24FNS. The van der Waals surface area contributed by atoms with Crippen molar-refractivity contribution in [1.82, 2.24) is 5.32 Å². The summed E-state index contributed by atoms with van der Waals surface area (Å²) >= 11 is 1.84. The Morgan fingerprint density at radius 1 is 1.21 bits per heavy atom. The van der Waals surface area contributed by atoms with Crippen LogP contribution in [0.15, 0.2) is 29.2 Å². The van der Waals surface area contributed by atoms with Crippen LogP contribution >= 0.6 is 11.8 Å². The van der Waals surface area contributed by atoms with Gasteiger partial charge >= 0.3 is 0 Å². The van der Waals surface area contributed by atoms with Crippen LogP contribution in [0.2, 0.25) is 0 Å². The van der Waals surface area contributed by atoms with E-state index in [0.717, 1.165) is 18.2 Å². The molecule has 1 nitrogen and oxygen atoms in total. The second-order valence-electron chi connectivity index (χ2n) is 5.33. The number of benzene rings is 1. The zero-order valence-electron chi connectivity index (χ0n) is 11.7. The third kappa shape index (κ3) is 4.81. The quantitative estimate of drug-likeness (QED) is 0.772. The first kappa shape index (κ1) is 14.9. The lowest BCUT2D eigenvalue weighted by atomic mass is 9.84. The van der Waals surface area contributed by atoms with E-state index in [1.165, 1.54) is 37.0 Å². The van der Waals surface area contributed by atoms with E-state index >= 15 is 0 Å². The van der Waals surface area contributed by atoms with Crippen molar-refractivity contribution in [3.8, 4) is 0 Å². The smallest absolute Gasteiger partial charge is 0.123 e. The van der Waals surface area contributed by atoms with Crippen LogP contribution in [0.25, 0.3) is 0 Å². The van der Waals surface area contributed by atoms with Crippen LogP contribution in [0.1, 0.15) is 39.0 Å². The van der Waals surface area contributed by atoms with Crippen LogP contribution in [0.5, 0.6) is 0 Å². The molecule has 1 unspecified atom stereocenters. The number of hydrogen-bond donors (Lipinski definition) is 1. The Labute approximate surface area is 120 Å². The second-order valence-corrected chi connectivity index (χ2v) is 6.42. The van der Waals surface area contributed by atoms with Gasteiger partial charge in [0.05, 0.1) is 0 Å². The van der Waals surface area contributed by atoms with E-state index in [-0.39, 0.29) is 5.82 Å². The van der Waals surface area contributed by atoms with Gasteiger partial charge in [0, 0.05) is 16.7 Å². The molecule has 1 fully saturated rings. The lowest BCUT2D eigenvalue weighted by Gasteiger charge is -2.30. The summed E-state index contributed by atoms with van der Waals surface area (Å²) in [5.74, 6) is 1.76. The van der Waals surface area contributed by atoms with Gasteiger partial charge in [-0.15, -0.1) is 11.8 Å².